The lowest BCUT2D eigenvalue weighted by Gasteiger charge is -2.23. The molecule has 0 spiro atoms. The summed E-state index contributed by atoms with van der Waals surface area (Å²) in [6.45, 7) is 9.14. The van der Waals surface area contributed by atoms with Crippen molar-refractivity contribution in [3.8, 4) is 0 Å². The van der Waals surface area contributed by atoms with Gasteiger partial charge in [0.1, 0.15) is 6.54 Å². The summed E-state index contributed by atoms with van der Waals surface area (Å²) in [6, 6.07) is 9.54. The second-order valence-electron chi connectivity index (χ2n) is 6.38. The highest BCUT2D eigenvalue weighted by Gasteiger charge is 2.19. The third kappa shape index (κ3) is 4.60. The van der Waals surface area contributed by atoms with Gasteiger partial charge in [-0.25, -0.2) is 0 Å². The Morgan fingerprint density at radius 2 is 1.64 bits per heavy atom. The van der Waals surface area contributed by atoms with Gasteiger partial charge in [0.15, 0.2) is 0 Å². The smallest absolute Gasteiger partial charge is 0.244 e. The number of aryl methyl sites for hydroxylation is 4. The molecule has 25 heavy (non-hydrogen) atoms. The Bertz CT molecular complexity index is 807. The van der Waals surface area contributed by atoms with Gasteiger partial charge in [-0.1, -0.05) is 35.4 Å². The normalized spacial score (nSPS) is 10.5. The van der Waals surface area contributed by atoms with Crippen molar-refractivity contribution >= 4 is 34.8 Å². The first-order chi connectivity index (χ1) is 11.7. The fraction of sp³-hybridized carbons (Fsp3) is 0.300. The molecular formula is C20H23ClN2O2. The number of anilines is 2. The van der Waals surface area contributed by atoms with Gasteiger partial charge in [0.2, 0.25) is 11.8 Å². The highest BCUT2D eigenvalue weighted by Crippen LogP contribution is 2.27. The van der Waals surface area contributed by atoms with E-state index in [-0.39, 0.29) is 18.4 Å². The molecule has 0 unspecified atom stereocenters. The van der Waals surface area contributed by atoms with E-state index in [1.54, 1.807) is 6.07 Å². The Kier molecular flexibility index (Phi) is 5.85. The number of hydrogen-bond acceptors (Lipinski definition) is 2. The van der Waals surface area contributed by atoms with Crippen LogP contribution in [0.3, 0.4) is 0 Å². The van der Waals surface area contributed by atoms with Crippen molar-refractivity contribution in [3.63, 3.8) is 0 Å². The Balaban J connectivity index is 2.23. The van der Waals surface area contributed by atoms with Crippen LogP contribution in [-0.2, 0) is 9.59 Å². The molecule has 0 aliphatic rings. The molecule has 0 atom stereocenters. The fourth-order valence-electron chi connectivity index (χ4n) is 2.87. The van der Waals surface area contributed by atoms with Gasteiger partial charge in [0.05, 0.1) is 10.7 Å². The van der Waals surface area contributed by atoms with Crippen LogP contribution in [0.5, 0.6) is 0 Å². The van der Waals surface area contributed by atoms with Crippen molar-refractivity contribution in [3.05, 3.63) is 57.6 Å². The summed E-state index contributed by atoms with van der Waals surface area (Å²) >= 11 is 6.24. The molecule has 2 aromatic carbocycles. The summed E-state index contributed by atoms with van der Waals surface area (Å²) in [5.74, 6) is -0.474. The number of halogens is 1. The summed E-state index contributed by atoms with van der Waals surface area (Å²) in [5.41, 5.74) is 5.30. The molecule has 0 aromatic heterocycles. The Hall–Kier alpha value is -2.33. The van der Waals surface area contributed by atoms with Crippen LogP contribution in [0.1, 0.15) is 29.2 Å². The van der Waals surface area contributed by atoms with Gasteiger partial charge in [-0.2, -0.15) is 0 Å². The SMILES string of the molecule is CC(=O)N(CC(=O)Nc1c(C)cc(C)cc1Cl)c1ccc(C)cc1C. The standard InChI is InChI=1S/C20H23ClN2O2/c1-12-6-7-18(14(3)8-12)23(16(5)24)11-19(25)22-20-15(4)9-13(2)10-17(20)21/h6-10H,11H2,1-5H3,(H,22,25). The van der Waals surface area contributed by atoms with Crippen molar-refractivity contribution in [1.29, 1.82) is 0 Å². The summed E-state index contributed by atoms with van der Waals surface area (Å²) in [7, 11) is 0. The number of amides is 2. The molecule has 0 aliphatic heterocycles. The zero-order valence-electron chi connectivity index (χ0n) is 15.2. The summed E-state index contributed by atoms with van der Waals surface area (Å²) in [6.07, 6.45) is 0. The van der Waals surface area contributed by atoms with Crippen molar-refractivity contribution in [2.45, 2.75) is 34.6 Å². The van der Waals surface area contributed by atoms with E-state index in [0.717, 1.165) is 27.9 Å². The molecule has 2 rings (SSSR count). The highest BCUT2D eigenvalue weighted by molar-refractivity contribution is 6.34. The van der Waals surface area contributed by atoms with Gasteiger partial charge < -0.3 is 10.2 Å². The van der Waals surface area contributed by atoms with E-state index in [1.165, 1.54) is 11.8 Å². The average Bonchev–Trinajstić information content (AvgIpc) is 2.49. The van der Waals surface area contributed by atoms with Crippen molar-refractivity contribution < 1.29 is 9.59 Å². The van der Waals surface area contributed by atoms with Gasteiger partial charge in [-0.15, -0.1) is 0 Å². The first kappa shape index (κ1) is 19.0. The van der Waals surface area contributed by atoms with Crippen LogP contribution in [0, 0.1) is 27.7 Å². The van der Waals surface area contributed by atoms with Crippen LogP contribution in [-0.4, -0.2) is 18.4 Å². The van der Waals surface area contributed by atoms with Crippen molar-refractivity contribution in [1.82, 2.24) is 0 Å². The maximum atomic E-state index is 12.5. The van der Waals surface area contributed by atoms with E-state index in [9.17, 15) is 9.59 Å². The Morgan fingerprint density at radius 1 is 1.00 bits per heavy atom. The molecule has 0 bridgehead atoms. The molecule has 0 radical (unpaired) electrons. The zero-order valence-corrected chi connectivity index (χ0v) is 16.0. The molecule has 0 saturated carbocycles. The molecule has 0 aliphatic carbocycles. The lowest BCUT2D eigenvalue weighted by molar-refractivity contribution is -0.120. The molecule has 5 heteroatoms. The number of hydrogen-bond donors (Lipinski definition) is 1. The van der Waals surface area contributed by atoms with Crippen LogP contribution in [0.2, 0.25) is 5.02 Å². The molecule has 0 saturated heterocycles. The predicted octanol–water partition coefficient (Wildman–Crippen LogP) is 4.57. The minimum Gasteiger partial charge on any atom is -0.323 e. The Labute approximate surface area is 153 Å². The first-order valence-electron chi connectivity index (χ1n) is 8.11. The van der Waals surface area contributed by atoms with Crippen molar-refractivity contribution in [2.75, 3.05) is 16.8 Å². The van der Waals surface area contributed by atoms with E-state index in [2.05, 4.69) is 5.32 Å². The largest absolute Gasteiger partial charge is 0.323 e. The first-order valence-corrected chi connectivity index (χ1v) is 8.48. The molecule has 2 amide bonds. The van der Waals surface area contributed by atoms with E-state index >= 15 is 0 Å². The number of rotatable bonds is 4. The van der Waals surface area contributed by atoms with E-state index < -0.39 is 0 Å². The monoisotopic (exact) mass is 358 g/mol. The maximum absolute atomic E-state index is 12.5. The fourth-order valence-corrected chi connectivity index (χ4v) is 3.24. The molecule has 4 nitrogen and oxygen atoms in total. The van der Waals surface area contributed by atoms with Crippen LogP contribution in [0.4, 0.5) is 11.4 Å². The number of benzene rings is 2. The number of carbonyl (C=O) groups excluding carboxylic acids is 2. The summed E-state index contributed by atoms with van der Waals surface area (Å²) in [4.78, 5) is 26.0. The molecule has 0 fully saturated rings. The lowest BCUT2D eigenvalue weighted by Crippen LogP contribution is -2.37. The van der Waals surface area contributed by atoms with Gasteiger partial charge >= 0.3 is 0 Å². The molecule has 132 valence electrons. The third-order valence-corrected chi connectivity index (χ3v) is 4.32. The van der Waals surface area contributed by atoms with Crippen LogP contribution >= 0.6 is 11.6 Å². The van der Waals surface area contributed by atoms with Gasteiger partial charge in [0, 0.05) is 12.6 Å². The quantitative estimate of drug-likeness (QED) is 0.870. The third-order valence-electron chi connectivity index (χ3n) is 4.02. The minimum absolute atomic E-state index is 0.0666. The number of carbonyl (C=O) groups is 2. The molecule has 0 heterocycles. The number of nitrogens with one attached hydrogen (secondary N) is 1. The summed E-state index contributed by atoms with van der Waals surface area (Å²) in [5, 5.41) is 3.32. The second-order valence-corrected chi connectivity index (χ2v) is 6.79. The van der Waals surface area contributed by atoms with E-state index in [1.807, 2.05) is 52.0 Å². The van der Waals surface area contributed by atoms with E-state index in [4.69, 9.17) is 11.6 Å². The Morgan fingerprint density at radius 3 is 2.20 bits per heavy atom. The van der Waals surface area contributed by atoms with Crippen LogP contribution < -0.4 is 10.2 Å². The minimum atomic E-state index is -0.288. The highest BCUT2D eigenvalue weighted by atomic mass is 35.5. The summed E-state index contributed by atoms with van der Waals surface area (Å²) < 4.78 is 0. The van der Waals surface area contributed by atoms with Crippen LogP contribution in [0.15, 0.2) is 30.3 Å². The predicted molar refractivity (Wildman–Crippen MR) is 103 cm³/mol. The zero-order chi connectivity index (χ0) is 18.7. The van der Waals surface area contributed by atoms with Gasteiger partial charge in [0.25, 0.3) is 0 Å². The molecular weight excluding hydrogens is 336 g/mol. The van der Waals surface area contributed by atoms with Crippen LogP contribution in [0.25, 0.3) is 0 Å². The number of nitrogens with zero attached hydrogens (tertiary/aromatic N) is 1. The average molecular weight is 359 g/mol. The van der Waals surface area contributed by atoms with E-state index in [0.29, 0.717) is 10.7 Å². The topological polar surface area (TPSA) is 49.4 Å². The van der Waals surface area contributed by atoms with Crippen molar-refractivity contribution in [2.24, 2.45) is 0 Å². The van der Waals surface area contributed by atoms with Gasteiger partial charge in [-0.05, 0) is 56.5 Å². The second kappa shape index (κ2) is 7.70. The lowest BCUT2D eigenvalue weighted by atomic mass is 10.1. The maximum Gasteiger partial charge on any atom is 0.244 e. The van der Waals surface area contributed by atoms with Gasteiger partial charge in [-0.3, -0.25) is 9.59 Å². The molecule has 2 aromatic rings. The molecule has 1 N–H and O–H groups in total.